The lowest BCUT2D eigenvalue weighted by atomic mass is 10.1. The summed E-state index contributed by atoms with van der Waals surface area (Å²) in [5.41, 5.74) is 5.52. The van der Waals surface area contributed by atoms with Gasteiger partial charge >= 0.3 is 11.8 Å². The third-order valence-electron chi connectivity index (χ3n) is 3.62. The van der Waals surface area contributed by atoms with Gasteiger partial charge in [-0.15, -0.1) is 0 Å². The number of amides is 2. The van der Waals surface area contributed by atoms with Crippen molar-refractivity contribution < 1.29 is 9.59 Å². The van der Waals surface area contributed by atoms with Crippen molar-refractivity contribution in [1.82, 2.24) is 5.43 Å². The zero-order valence-corrected chi connectivity index (χ0v) is 14.9. The van der Waals surface area contributed by atoms with Crippen molar-refractivity contribution in [1.29, 1.82) is 0 Å². The van der Waals surface area contributed by atoms with Crippen LogP contribution in [0.1, 0.15) is 24.5 Å². The van der Waals surface area contributed by atoms with Crippen LogP contribution in [0.3, 0.4) is 0 Å². The fraction of sp³-hybridized carbons (Fsp3) is 0.211. The van der Waals surface area contributed by atoms with Gasteiger partial charge in [-0.3, -0.25) is 9.59 Å². The van der Waals surface area contributed by atoms with Gasteiger partial charge in [0.2, 0.25) is 0 Å². The van der Waals surface area contributed by atoms with E-state index in [1.54, 1.807) is 18.2 Å². The van der Waals surface area contributed by atoms with E-state index < -0.39 is 11.8 Å². The highest BCUT2D eigenvalue weighted by atomic mass is 35.5. The van der Waals surface area contributed by atoms with Gasteiger partial charge in [0.15, 0.2) is 0 Å². The quantitative estimate of drug-likeness (QED) is 0.486. The first kappa shape index (κ1) is 18.7. The number of hydrogen-bond donors (Lipinski definition) is 2. The van der Waals surface area contributed by atoms with E-state index >= 15 is 0 Å². The Morgan fingerprint density at radius 2 is 1.80 bits per heavy atom. The molecule has 0 atom stereocenters. The maximum Gasteiger partial charge on any atom is 0.329 e. The Kier molecular flexibility index (Phi) is 6.71. The molecule has 2 aromatic rings. The van der Waals surface area contributed by atoms with E-state index in [1.165, 1.54) is 5.56 Å². The molecule has 2 rings (SSSR count). The average Bonchev–Trinajstić information content (AvgIpc) is 2.61. The molecule has 0 fully saturated rings. The zero-order valence-electron chi connectivity index (χ0n) is 14.2. The van der Waals surface area contributed by atoms with Crippen LogP contribution >= 0.6 is 11.6 Å². The highest BCUT2D eigenvalue weighted by molar-refractivity contribution is 6.40. The molecule has 2 N–H and O–H groups in total. The number of rotatable bonds is 5. The van der Waals surface area contributed by atoms with Crippen LogP contribution in [0.2, 0.25) is 5.02 Å². The number of carbonyl (C=O) groups is 2. The summed E-state index contributed by atoms with van der Waals surface area (Å²) in [4.78, 5) is 23.8. The SMILES string of the molecule is CC(CCc1ccccc1)=NNC(=O)C(=O)Nc1cc(Cl)ccc1C. The monoisotopic (exact) mass is 357 g/mol. The van der Waals surface area contributed by atoms with Crippen molar-refractivity contribution >= 4 is 34.8 Å². The van der Waals surface area contributed by atoms with Crippen LogP contribution in [0.15, 0.2) is 53.6 Å². The fourth-order valence-corrected chi connectivity index (χ4v) is 2.30. The van der Waals surface area contributed by atoms with Gasteiger partial charge in [0.1, 0.15) is 0 Å². The number of hydrogen-bond acceptors (Lipinski definition) is 3. The number of carbonyl (C=O) groups excluding carboxylic acids is 2. The molecule has 0 saturated heterocycles. The summed E-state index contributed by atoms with van der Waals surface area (Å²) in [6, 6.07) is 15.1. The molecule has 0 saturated carbocycles. The Morgan fingerprint density at radius 3 is 2.52 bits per heavy atom. The third kappa shape index (κ3) is 6.04. The maximum absolute atomic E-state index is 11.9. The molecule has 0 heterocycles. The molecule has 130 valence electrons. The highest BCUT2D eigenvalue weighted by Gasteiger charge is 2.14. The molecule has 6 heteroatoms. The number of anilines is 1. The molecule has 5 nitrogen and oxygen atoms in total. The number of nitrogens with zero attached hydrogens (tertiary/aromatic N) is 1. The number of aryl methyl sites for hydroxylation is 2. The van der Waals surface area contributed by atoms with Crippen molar-refractivity contribution in [3.8, 4) is 0 Å². The first-order chi connectivity index (χ1) is 12.0. The molecule has 0 aliphatic heterocycles. The van der Waals surface area contributed by atoms with Gasteiger partial charge in [0.05, 0.1) is 0 Å². The Labute approximate surface area is 152 Å². The summed E-state index contributed by atoms with van der Waals surface area (Å²) in [5, 5.41) is 6.98. The van der Waals surface area contributed by atoms with E-state index in [2.05, 4.69) is 15.8 Å². The molecule has 25 heavy (non-hydrogen) atoms. The summed E-state index contributed by atoms with van der Waals surface area (Å²) in [5.74, 6) is -1.61. The van der Waals surface area contributed by atoms with Crippen LogP contribution in [-0.2, 0) is 16.0 Å². The normalized spacial score (nSPS) is 11.1. The molecule has 2 amide bonds. The average molecular weight is 358 g/mol. The van der Waals surface area contributed by atoms with Crippen molar-refractivity contribution in [3.05, 3.63) is 64.7 Å². The lowest BCUT2D eigenvalue weighted by Crippen LogP contribution is -2.33. The van der Waals surface area contributed by atoms with Crippen molar-refractivity contribution in [3.63, 3.8) is 0 Å². The number of nitrogens with one attached hydrogen (secondary N) is 2. The number of hydrazone groups is 1. The maximum atomic E-state index is 11.9. The standard InChI is InChI=1S/C19H20ClN3O2/c1-13-8-11-16(20)12-17(13)21-18(24)19(25)23-22-14(2)9-10-15-6-4-3-5-7-15/h3-8,11-12H,9-10H2,1-2H3,(H,21,24)(H,23,25). The predicted molar refractivity (Wildman–Crippen MR) is 101 cm³/mol. The highest BCUT2D eigenvalue weighted by Crippen LogP contribution is 2.19. The second kappa shape index (κ2) is 8.99. The van der Waals surface area contributed by atoms with Gasteiger partial charge in [0.25, 0.3) is 0 Å². The van der Waals surface area contributed by atoms with Crippen molar-refractivity contribution in [2.75, 3.05) is 5.32 Å². The largest absolute Gasteiger partial charge is 0.329 e. The van der Waals surface area contributed by atoms with Gasteiger partial charge in [0, 0.05) is 16.4 Å². The first-order valence-corrected chi connectivity index (χ1v) is 8.28. The first-order valence-electron chi connectivity index (χ1n) is 7.90. The van der Waals surface area contributed by atoms with Crippen molar-refractivity contribution in [2.45, 2.75) is 26.7 Å². The molecule has 0 aliphatic rings. The lowest BCUT2D eigenvalue weighted by molar-refractivity contribution is -0.136. The van der Waals surface area contributed by atoms with Crippen molar-refractivity contribution in [2.24, 2.45) is 5.10 Å². The summed E-state index contributed by atoms with van der Waals surface area (Å²) >= 11 is 5.89. The molecular weight excluding hydrogens is 338 g/mol. The van der Waals surface area contributed by atoms with E-state index in [1.807, 2.05) is 44.2 Å². The Hall–Kier alpha value is -2.66. The Morgan fingerprint density at radius 1 is 1.08 bits per heavy atom. The minimum Gasteiger partial charge on any atom is -0.317 e. The van der Waals surface area contributed by atoms with Crippen LogP contribution < -0.4 is 10.7 Å². The summed E-state index contributed by atoms with van der Waals surface area (Å²) < 4.78 is 0. The van der Waals surface area contributed by atoms with E-state index in [9.17, 15) is 9.59 Å². The lowest BCUT2D eigenvalue weighted by Gasteiger charge is -2.08. The summed E-state index contributed by atoms with van der Waals surface area (Å²) in [6.45, 7) is 3.62. The van der Waals surface area contributed by atoms with Gasteiger partial charge in [-0.05, 0) is 49.9 Å². The van der Waals surface area contributed by atoms with E-state index in [-0.39, 0.29) is 0 Å². The van der Waals surface area contributed by atoms with Gasteiger partial charge in [-0.1, -0.05) is 48.0 Å². The molecule has 0 radical (unpaired) electrons. The molecule has 0 aliphatic carbocycles. The fourth-order valence-electron chi connectivity index (χ4n) is 2.13. The molecule has 0 unspecified atom stereocenters. The van der Waals surface area contributed by atoms with Crippen LogP contribution in [0, 0.1) is 6.92 Å². The summed E-state index contributed by atoms with van der Waals surface area (Å²) in [6.07, 6.45) is 1.51. The van der Waals surface area contributed by atoms with Crippen LogP contribution in [-0.4, -0.2) is 17.5 Å². The zero-order chi connectivity index (χ0) is 18.2. The van der Waals surface area contributed by atoms with Crippen LogP contribution in [0.4, 0.5) is 5.69 Å². The molecule has 0 aromatic heterocycles. The predicted octanol–water partition coefficient (Wildman–Crippen LogP) is 3.71. The smallest absolute Gasteiger partial charge is 0.317 e. The Balaban J connectivity index is 1.85. The molecule has 0 bridgehead atoms. The van der Waals surface area contributed by atoms with Crippen LogP contribution in [0.5, 0.6) is 0 Å². The molecule has 0 spiro atoms. The van der Waals surface area contributed by atoms with Gasteiger partial charge < -0.3 is 5.32 Å². The van der Waals surface area contributed by atoms with E-state index in [0.717, 1.165) is 17.7 Å². The second-order valence-electron chi connectivity index (χ2n) is 5.69. The summed E-state index contributed by atoms with van der Waals surface area (Å²) in [7, 11) is 0. The van der Waals surface area contributed by atoms with E-state index in [0.29, 0.717) is 17.1 Å². The topological polar surface area (TPSA) is 70.6 Å². The Bertz CT molecular complexity index is 789. The third-order valence-corrected chi connectivity index (χ3v) is 3.86. The minimum absolute atomic E-state index is 0.482. The van der Waals surface area contributed by atoms with Gasteiger partial charge in [-0.25, -0.2) is 5.43 Å². The molecule has 2 aromatic carbocycles. The van der Waals surface area contributed by atoms with E-state index in [4.69, 9.17) is 11.6 Å². The second-order valence-corrected chi connectivity index (χ2v) is 6.12. The minimum atomic E-state index is -0.821. The van der Waals surface area contributed by atoms with Gasteiger partial charge in [-0.2, -0.15) is 5.10 Å². The number of benzene rings is 2. The number of halogens is 1. The molecular formula is C19H20ClN3O2. The van der Waals surface area contributed by atoms with Crippen LogP contribution in [0.25, 0.3) is 0 Å².